The Morgan fingerprint density at radius 2 is 2.03 bits per heavy atom. The third-order valence-electron chi connectivity index (χ3n) is 9.66. The van der Waals surface area contributed by atoms with Gasteiger partial charge in [0.2, 0.25) is 0 Å². The fourth-order valence-corrected chi connectivity index (χ4v) is 7.46. The molecule has 2 saturated carbocycles. The second kappa shape index (κ2) is 10.6. The van der Waals surface area contributed by atoms with Gasteiger partial charge in [0.1, 0.15) is 22.9 Å². The Morgan fingerprint density at radius 1 is 1.18 bits per heavy atom. The Labute approximate surface area is 231 Å². The number of rotatable bonds is 7. The lowest BCUT2D eigenvalue weighted by atomic mass is 9.80. The summed E-state index contributed by atoms with van der Waals surface area (Å²) in [6.07, 6.45) is 7.66. The Kier molecular flexibility index (Phi) is 7.13. The van der Waals surface area contributed by atoms with Crippen molar-refractivity contribution >= 4 is 17.6 Å². The molecule has 2 bridgehead atoms. The molecule has 6 rings (SSSR count). The van der Waals surface area contributed by atoms with Crippen molar-refractivity contribution in [3.8, 4) is 5.75 Å². The maximum absolute atomic E-state index is 14.3. The number of aliphatic imine (C=N–C) groups is 1. The van der Waals surface area contributed by atoms with Crippen LogP contribution in [0.2, 0.25) is 0 Å². The summed E-state index contributed by atoms with van der Waals surface area (Å²) in [6, 6.07) is 15.1. The van der Waals surface area contributed by atoms with Gasteiger partial charge in [-0.05, 0) is 100 Å². The maximum atomic E-state index is 14.3. The largest absolute Gasteiger partial charge is 0.491 e. The fraction of sp³-hybridized carbons (Fsp3) is 0.562. The van der Waals surface area contributed by atoms with Gasteiger partial charge in [-0.3, -0.25) is 9.80 Å². The lowest BCUT2D eigenvalue weighted by molar-refractivity contribution is 0.121. The Morgan fingerprint density at radius 3 is 2.74 bits per heavy atom. The number of nitrogens with one attached hydrogen (secondary N) is 1. The molecule has 4 aliphatic rings. The van der Waals surface area contributed by atoms with Gasteiger partial charge in [-0.1, -0.05) is 31.5 Å². The normalized spacial score (nSPS) is 31.1. The number of amidine groups is 1. The van der Waals surface area contributed by atoms with Crippen molar-refractivity contribution in [3.05, 3.63) is 59.9 Å². The molecule has 2 heterocycles. The molecule has 1 unspecified atom stereocenters. The highest BCUT2D eigenvalue weighted by molar-refractivity contribution is 6.16. The average molecular weight is 533 g/mol. The molecule has 7 heteroatoms. The number of nitrogens with zero attached hydrogens (tertiary/aromatic N) is 3. The molecule has 1 spiro atoms. The highest BCUT2D eigenvalue weighted by Crippen LogP contribution is 2.46. The Balaban J connectivity index is 1.24. The van der Waals surface area contributed by atoms with E-state index in [-0.39, 0.29) is 24.0 Å². The van der Waals surface area contributed by atoms with E-state index in [0.29, 0.717) is 17.6 Å². The van der Waals surface area contributed by atoms with Crippen LogP contribution in [0.1, 0.15) is 71.3 Å². The van der Waals surface area contributed by atoms with Crippen LogP contribution in [0.3, 0.4) is 0 Å². The van der Waals surface area contributed by atoms with E-state index in [9.17, 15) is 9.18 Å². The van der Waals surface area contributed by atoms with Crippen molar-refractivity contribution < 1.29 is 13.9 Å². The molecule has 39 heavy (non-hydrogen) atoms. The number of benzene rings is 2. The molecule has 0 radical (unpaired) electrons. The highest BCUT2D eigenvalue weighted by atomic mass is 19.1. The first-order valence-corrected chi connectivity index (χ1v) is 14.8. The summed E-state index contributed by atoms with van der Waals surface area (Å²) in [7, 11) is 0. The van der Waals surface area contributed by atoms with Gasteiger partial charge in [-0.25, -0.2) is 9.18 Å². The molecular formula is C32H41FN4O2. The predicted octanol–water partition coefficient (Wildman–Crippen LogP) is 6.54. The van der Waals surface area contributed by atoms with Crippen molar-refractivity contribution in [3.63, 3.8) is 0 Å². The molecule has 3 fully saturated rings. The molecule has 1 N–H and O–H groups in total. The molecular weight excluding hydrogens is 491 g/mol. The number of fused-ring (bicyclic) bond motifs is 2. The zero-order chi connectivity index (χ0) is 27.1. The summed E-state index contributed by atoms with van der Waals surface area (Å²) < 4.78 is 20.4. The first kappa shape index (κ1) is 26.3. The van der Waals surface area contributed by atoms with Crippen LogP contribution < -0.4 is 15.0 Å². The van der Waals surface area contributed by atoms with Crippen molar-refractivity contribution in [2.75, 3.05) is 11.4 Å². The molecule has 1 saturated heterocycles. The minimum absolute atomic E-state index is 0.183. The number of piperidine rings is 1. The van der Waals surface area contributed by atoms with Crippen LogP contribution in [0.5, 0.6) is 5.75 Å². The van der Waals surface area contributed by atoms with E-state index < -0.39 is 5.54 Å². The first-order chi connectivity index (χ1) is 18.8. The lowest BCUT2D eigenvalue weighted by Gasteiger charge is -2.48. The molecule has 0 aromatic heterocycles. The predicted molar refractivity (Wildman–Crippen MR) is 153 cm³/mol. The molecule has 2 aliphatic carbocycles. The van der Waals surface area contributed by atoms with Gasteiger partial charge in [0, 0.05) is 30.9 Å². The summed E-state index contributed by atoms with van der Waals surface area (Å²) in [5.41, 5.74) is 1.21. The molecule has 2 aromatic rings. The second-order valence-electron chi connectivity index (χ2n) is 12.3. The molecule has 2 aromatic carbocycles. The lowest BCUT2D eigenvalue weighted by Crippen LogP contribution is -2.64. The molecule has 6 nitrogen and oxygen atoms in total. The SMILES string of the molecule is CC[C@@H](C)Oc1cccc(CN2CC[C@@]3(C[C@@H]2C)C(NC2C[C@H]4CC[C@@H]2C4)=NC(=O)N3c2cccc(F)c2)c1. The zero-order valence-corrected chi connectivity index (χ0v) is 23.4. The van der Waals surface area contributed by atoms with Crippen molar-refractivity contribution in [1.82, 2.24) is 10.2 Å². The number of halogens is 1. The number of hydrogen-bond donors (Lipinski definition) is 1. The Hall–Kier alpha value is -2.93. The van der Waals surface area contributed by atoms with Crippen LogP contribution in [0, 0.1) is 17.7 Å². The van der Waals surface area contributed by atoms with Crippen molar-refractivity contribution in [2.24, 2.45) is 16.8 Å². The smallest absolute Gasteiger partial charge is 0.350 e. The molecule has 2 aliphatic heterocycles. The van der Waals surface area contributed by atoms with Crippen molar-refractivity contribution in [1.29, 1.82) is 0 Å². The molecule has 208 valence electrons. The van der Waals surface area contributed by atoms with Crippen LogP contribution in [-0.2, 0) is 6.54 Å². The van der Waals surface area contributed by atoms with E-state index >= 15 is 0 Å². The van der Waals surface area contributed by atoms with Crippen LogP contribution in [0.25, 0.3) is 0 Å². The Bertz CT molecular complexity index is 1250. The third-order valence-corrected chi connectivity index (χ3v) is 9.66. The number of ether oxygens (including phenoxy) is 1. The summed E-state index contributed by atoms with van der Waals surface area (Å²) in [4.78, 5) is 22.4. The highest BCUT2D eigenvalue weighted by Gasteiger charge is 2.54. The molecule has 2 amide bonds. The van der Waals surface area contributed by atoms with E-state index in [1.807, 2.05) is 12.1 Å². The van der Waals surface area contributed by atoms with E-state index in [1.165, 1.54) is 37.0 Å². The van der Waals surface area contributed by atoms with E-state index in [2.05, 4.69) is 54.2 Å². The number of carbonyl (C=O) groups is 1. The van der Waals surface area contributed by atoms with E-state index in [1.54, 1.807) is 11.0 Å². The summed E-state index contributed by atoms with van der Waals surface area (Å²) >= 11 is 0. The summed E-state index contributed by atoms with van der Waals surface area (Å²) in [5, 5.41) is 3.79. The van der Waals surface area contributed by atoms with Gasteiger partial charge in [0.05, 0.1) is 6.10 Å². The minimum atomic E-state index is -0.593. The molecule has 6 atom stereocenters. The van der Waals surface area contributed by atoms with Gasteiger partial charge in [0.15, 0.2) is 0 Å². The van der Waals surface area contributed by atoms with Crippen LogP contribution >= 0.6 is 0 Å². The van der Waals surface area contributed by atoms with E-state index in [0.717, 1.165) is 56.3 Å². The van der Waals surface area contributed by atoms with Gasteiger partial charge < -0.3 is 10.1 Å². The van der Waals surface area contributed by atoms with E-state index in [4.69, 9.17) is 4.74 Å². The number of amides is 2. The van der Waals surface area contributed by atoms with Gasteiger partial charge >= 0.3 is 6.03 Å². The summed E-state index contributed by atoms with van der Waals surface area (Å²) in [6.45, 7) is 8.09. The number of likely N-dealkylation sites (tertiary alicyclic amines) is 1. The number of anilines is 1. The van der Waals surface area contributed by atoms with Gasteiger partial charge in [-0.2, -0.15) is 4.99 Å². The quantitative estimate of drug-likeness (QED) is 0.440. The van der Waals surface area contributed by atoms with Crippen LogP contribution in [-0.4, -0.2) is 47.0 Å². The number of urea groups is 1. The second-order valence-corrected chi connectivity index (χ2v) is 12.3. The number of carbonyl (C=O) groups excluding carboxylic acids is 1. The average Bonchev–Trinajstić information content (AvgIpc) is 3.60. The van der Waals surface area contributed by atoms with Gasteiger partial charge in [0.25, 0.3) is 0 Å². The maximum Gasteiger partial charge on any atom is 0.350 e. The van der Waals surface area contributed by atoms with Gasteiger partial charge in [-0.15, -0.1) is 0 Å². The monoisotopic (exact) mass is 532 g/mol. The minimum Gasteiger partial charge on any atom is -0.491 e. The van der Waals surface area contributed by atoms with Crippen LogP contribution in [0.15, 0.2) is 53.5 Å². The first-order valence-electron chi connectivity index (χ1n) is 14.8. The van der Waals surface area contributed by atoms with Crippen LogP contribution in [0.4, 0.5) is 14.9 Å². The standard InChI is InChI=1S/C32H41FN4O2/c1-4-22(3)39-28-10-5-7-24(16-28)20-36-14-13-32(19-21(36)2)30(34-29-17-23-11-12-25(29)15-23)35-31(38)37(32)27-9-6-8-26(33)18-27/h5-10,16,18,21-23,25,29H,4,11-15,17,19-20H2,1-3H3,(H,34,35,38)/t21-,22+,23-,25+,29?,32+/m0/s1. The number of hydrogen-bond acceptors (Lipinski definition) is 4. The zero-order valence-electron chi connectivity index (χ0n) is 23.4. The van der Waals surface area contributed by atoms with Crippen molar-refractivity contribution in [2.45, 2.75) is 96.0 Å². The third kappa shape index (κ3) is 5.06. The topological polar surface area (TPSA) is 57.2 Å². The fourth-order valence-electron chi connectivity index (χ4n) is 7.46. The summed E-state index contributed by atoms with van der Waals surface area (Å²) in [5.74, 6) is 2.82.